The van der Waals surface area contributed by atoms with Crippen molar-refractivity contribution < 1.29 is 10.0 Å². The van der Waals surface area contributed by atoms with E-state index < -0.39 is 4.92 Å². The van der Waals surface area contributed by atoms with Gasteiger partial charge in [0.2, 0.25) is 0 Å². The number of hydrogen-bond acceptors (Lipinski definition) is 5. The van der Waals surface area contributed by atoms with Crippen LogP contribution < -0.4 is 5.32 Å². The Balaban J connectivity index is 2.20. The summed E-state index contributed by atoms with van der Waals surface area (Å²) >= 11 is 5.80. The topological polar surface area (TPSA) is 93.2 Å². The molecule has 2 rings (SSSR count). The van der Waals surface area contributed by atoms with Gasteiger partial charge in [0.15, 0.2) is 0 Å². The molecule has 0 fully saturated rings. The summed E-state index contributed by atoms with van der Waals surface area (Å²) in [5, 5.41) is 27.6. The number of nitrogens with one attached hydrogen (secondary N) is 1. The first-order chi connectivity index (χ1) is 10.4. The molecule has 0 bridgehead atoms. The van der Waals surface area contributed by atoms with Crippen molar-refractivity contribution in [3.8, 4) is 0 Å². The molecule has 0 atom stereocenters. The fourth-order valence-corrected chi connectivity index (χ4v) is 2.33. The van der Waals surface area contributed by atoms with E-state index >= 15 is 0 Å². The molecular formula is C14H17ClN4O3. The SMILES string of the molecule is Cc1nn(CCO)c(NCc2ccc(Cl)c([N+](=O)[O-])c2)c1C. The van der Waals surface area contributed by atoms with Crippen molar-refractivity contribution in [3.63, 3.8) is 0 Å². The van der Waals surface area contributed by atoms with Crippen molar-refractivity contribution in [2.24, 2.45) is 0 Å². The molecule has 0 unspecified atom stereocenters. The van der Waals surface area contributed by atoms with Gasteiger partial charge in [0.1, 0.15) is 10.8 Å². The average Bonchev–Trinajstić information content (AvgIpc) is 2.73. The minimum Gasteiger partial charge on any atom is -0.394 e. The molecule has 0 aliphatic carbocycles. The lowest BCUT2D eigenvalue weighted by molar-refractivity contribution is -0.384. The predicted octanol–water partition coefficient (Wildman–Crippen LogP) is 2.67. The summed E-state index contributed by atoms with van der Waals surface area (Å²) < 4.78 is 1.69. The van der Waals surface area contributed by atoms with Crippen LogP contribution in [-0.4, -0.2) is 26.4 Å². The van der Waals surface area contributed by atoms with Crippen LogP contribution in [0.15, 0.2) is 18.2 Å². The highest BCUT2D eigenvalue weighted by molar-refractivity contribution is 6.32. The van der Waals surface area contributed by atoms with Gasteiger partial charge in [-0.3, -0.25) is 10.1 Å². The van der Waals surface area contributed by atoms with Crippen LogP contribution in [0.1, 0.15) is 16.8 Å². The van der Waals surface area contributed by atoms with E-state index in [4.69, 9.17) is 16.7 Å². The maximum atomic E-state index is 10.9. The van der Waals surface area contributed by atoms with Gasteiger partial charge in [-0.1, -0.05) is 17.7 Å². The summed E-state index contributed by atoms with van der Waals surface area (Å²) in [6.45, 7) is 4.60. The number of aliphatic hydroxyl groups excluding tert-OH is 1. The van der Waals surface area contributed by atoms with Crippen molar-refractivity contribution in [1.82, 2.24) is 9.78 Å². The summed E-state index contributed by atoms with van der Waals surface area (Å²) in [7, 11) is 0. The van der Waals surface area contributed by atoms with Crippen molar-refractivity contribution in [1.29, 1.82) is 0 Å². The third kappa shape index (κ3) is 3.37. The molecule has 2 N–H and O–H groups in total. The number of halogens is 1. The molecule has 8 heteroatoms. The molecule has 0 aliphatic heterocycles. The first-order valence-corrected chi connectivity index (χ1v) is 7.13. The molecule has 0 saturated heterocycles. The minimum atomic E-state index is -0.503. The first kappa shape index (κ1) is 16.3. The Bertz CT molecular complexity index is 700. The van der Waals surface area contributed by atoms with E-state index in [0.29, 0.717) is 13.1 Å². The summed E-state index contributed by atoms with van der Waals surface area (Å²) in [6, 6.07) is 4.70. The number of aromatic nitrogens is 2. The van der Waals surface area contributed by atoms with Gasteiger partial charge in [-0.2, -0.15) is 5.10 Å². The second-order valence-electron chi connectivity index (χ2n) is 4.90. The van der Waals surface area contributed by atoms with Crippen LogP contribution in [-0.2, 0) is 13.1 Å². The van der Waals surface area contributed by atoms with Gasteiger partial charge in [0, 0.05) is 18.2 Å². The van der Waals surface area contributed by atoms with Gasteiger partial charge >= 0.3 is 0 Å². The third-order valence-corrected chi connectivity index (χ3v) is 3.73. The van der Waals surface area contributed by atoms with Crippen molar-refractivity contribution in [2.45, 2.75) is 26.9 Å². The van der Waals surface area contributed by atoms with E-state index in [2.05, 4.69) is 10.4 Å². The lowest BCUT2D eigenvalue weighted by Crippen LogP contribution is -2.11. The van der Waals surface area contributed by atoms with E-state index in [0.717, 1.165) is 22.6 Å². The molecule has 22 heavy (non-hydrogen) atoms. The maximum Gasteiger partial charge on any atom is 0.288 e. The van der Waals surface area contributed by atoms with Crippen molar-refractivity contribution in [2.75, 3.05) is 11.9 Å². The lowest BCUT2D eigenvalue weighted by Gasteiger charge is -2.10. The lowest BCUT2D eigenvalue weighted by atomic mass is 10.2. The highest BCUT2D eigenvalue weighted by atomic mass is 35.5. The van der Waals surface area contributed by atoms with E-state index in [1.165, 1.54) is 12.1 Å². The summed E-state index contributed by atoms with van der Waals surface area (Å²) in [6.07, 6.45) is 0. The van der Waals surface area contributed by atoms with Crippen LogP contribution in [0.3, 0.4) is 0 Å². The second-order valence-corrected chi connectivity index (χ2v) is 5.31. The Kier molecular flexibility index (Phi) is 4.99. The highest BCUT2D eigenvalue weighted by Crippen LogP contribution is 2.26. The standard InChI is InChI=1S/C14H17ClN4O3/c1-9-10(2)17-18(5-6-20)14(9)16-8-11-3-4-12(15)13(7-11)19(21)22/h3-4,7,16,20H,5-6,8H2,1-2H3. The van der Waals surface area contributed by atoms with Crippen LogP contribution in [0, 0.1) is 24.0 Å². The number of rotatable bonds is 6. The van der Waals surface area contributed by atoms with Gasteiger partial charge in [-0.15, -0.1) is 0 Å². The molecule has 2 aromatic rings. The first-order valence-electron chi connectivity index (χ1n) is 6.75. The quantitative estimate of drug-likeness (QED) is 0.629. The molecule has 0 amide bonds. The van der Waals surface area contributed by atoms with Crippen LogP contribution in [0.5, 0.6) is 0 Å². The normalized spacial score (nSPS) is 10.7. The predicted molar refractivity (Wildman–Crippen MR) is 84.2 cm³/mol. The van der Waals surface area contributed by atoms with Crippen LogP contribution in [0.25, 0.3) is 0 Å². The fraction of sp³-hybridized carbons (Fsp3) is 0.357. The maximum absolute atomic E-state index is 10.9. The van der Waals surface area contributed by atoms with E-state index in [9.17, 15) is 10.1 Å². The molecular weight excluding hydrogens is 308 g/mol. The zero-order chi connectivity index (χ0) is 16.3. The van der Waals surface area contributed by atoms with E-state index in [-0.39, 0.29) is 17.3 Å². The number of nitro groups is 1. The fourth-order valence-electron chi connectivity index (χ4n) is 2.15. The zero-order valence-electron chi connectivity index (χ0n) is 12.3. The number of aryl methyl sites for hydroxylation is 1. The summed E-state index contributed by atoms with van der Waals surface area (Å²) in [5.41, 5.74) is 2.48. The molecule has 1 heterocycles. The Labute approximate surface area is 132 Å². The van der Waals surface area contributed by atoms with Crippen LogP contribution >= 0.6 is 11.6 Å². The highest BCUT2D eigenvalue weighted by Gasteiger charge is 2.14. The van der Waals surface area contributed by atoms with Gasteiger partial charge in [-0.05, 0) is 25.5 Å². The molecule has 7 nitrogen and oxygen atoms in total. The molecule has 118 valence electrons. The number of hydrogen-bond donors (Lipinski definition) is 2. The zero-order valence-corrected chi connectivity index (χ0v) is 13.1. The number of benzene rings is 1. The van der Waals surface area contributed by atoms with Gasteiger partial charge < -0.3 is 10.4 Å². The largest absolute Gasteiger partial charge is 0.394 e. The van der Waals surface area contributed by atoms with E-state index in [1.807, 2.05) is 13.8 Å². The molecule has 0 spiro atoms. The van der Waals surface area contributed by atoms with Crippen molar-refractivity contribution >= 4 is 23.1 Å². The Morgan fingerprint density at radius 2 is 2.18 bits per heavy atom. The van der Waals surface area contributed by atoms with Crippen molar-refractivity contribution in [3.05, 3.63) is 50.2 Å². The molecule has 1 aromatic carbocycles. The second kappa shape index (κ2) is 6.76. The summed E-state index contributed by atoms with van der Waals surface area (Å²) in [5.74, 6) is 0.796. The smallest absolute Gasteiger partial charge is 0.288 e. The number of nitrogens with zero attached hydrogens (tertiary/aromatic N) is 3. The molecule has 0 aliphatic rings. The third-order valence-electron chi connectivity index (χ3n) is 3.41. The Morgan fingerprint density at radius 3 is 2.82 bits per heavy atom. The van der Waals surface area contributed by atoms with Crippen LogP contribution in [0.4, 0.5) is 11.5 Å². The minimum absolute atomic E-state index is 0.0122. The number of aliphatic hydroxyl groups is 1. The molecule has 1 aromatic heterocycles. The Morgan fingerprint density at radius 1 is 1.45 bits per heavy atom. The molecule has 0 radical (unpaired) electrons. The number of anilines is 1. The number of nitro benzene ring substituents is 1. The van der Waals surface area contributed by atoms with Gasteiger partial charge in [0.05, 0.1) is 23.8 Å². The monoisotopic (exact) mass is 324 g/mol. The van der Waals surface area contributed by atoms with Crippen LogP contribution in [0.2, 0.25) is 5.02 Å². The van der Waals surface area contributed by atoms with E-state index in [1.54, 1.807) is 10.7 Å². The molecule has 0 saturated carbocycles. The average molecular weight is 325 g/mol. The Hall–Kier alpha value is -2.12. The summed E-state index contributed by atoms with van der Waals surface area (Å²) in [4.78, 5) is 10.4. The van der Waals surface area contributed by atoms with Gasteiger partial charge in [0.25, 0.3) is 5.69 Å². The van der Waals surface area contributed by atoms with Gasteiger partial charge in [-0.25, -0.2) is 4.68 Å².